The molecule has 138 valence electrons. The van der Waals surface area contributed by atoms with Gasteiger partial charge in [-0.25, -0.2) is 4.98 Å². The Morgan fingerprint density at radius 3 is 2.92 bits per heavy atom. The van der Waals surface area contributed by atoms with Crippen LogP contribution in [-0.4, -0.2) is 52.2 Å². The summed E-state index contributed by atoms with van der Waals surface area (Å²) in [6, 6.07) is 6.99. The van der Waals surface area contributed by atoms with E-state index in [2.05, 4.69) is 38.8 Å². The summed E-state index contributed by atoms with van der Waals surface area (Å²) in [7, 11) is 0. The topological polar surface area (TPSA) is 53.6 Å². The van der Waals surface area contributed by atoms with Crippen LogP contribution in [0, 0.1) is 12.8 Å². The largest absolute Gasteiger partial charge is 0.454 e. The number of piperidine rings is 1. The van der Waals surface area contributed by atoms with E-state index in [1.54, 1.807) is 0 Å². The van der Waals surface area contributed by atoms with Gasteiger partial charge in [0.15, 0.2) is 11.5 Å². The van der Waals surface area contributed by atoms with Gasteiger partial charge in [-0.2, -0.15) is 0 Å². The Labute approximate surface area is 154 Å². The number of nitrogens with one attached hydrogen (secondary N) is 1. The maximum Gasteiger partial charge on any atom is 0.231 e. The van der Waals surface area contributed by atoms with Gasteiger partial charge in [0.25, 0.3) is 0 Å². The van der Waals surface area contributed by atoms with Gasteiger partial charge in [0.2, 0.25) is 6.79 Å². The zero-order chi connectivity index (χ0) is 17.5. The van der Waals surface area contributed by atoms with Crippen LogP contribution in [0.15, 0.2) is 24.5 Å². The molecule has 3 fully saturated rings. The first-order valence-electron chi connectivity index (χ1n) is 9.58. The Kier molecular flexibility index (Phi) is 4.10. The number of aromatic nitrogens is 2. The second kappa shape index (κ2) is 6.59. The van der Waals surface area contributed by atoms with Gasteiger partial charge >= 0.3 is 0 Å². The first-order chi connectivity index (χ1) is 12.7. The molecule has 1 aromatic heterocycles. The summed E-state index contributed by atoms with van der Waals surface area (Å²) in [6.45, 7) is 7.91. The third kappa shape index (κ3) is 3.08. The summed E-state index contributed by atoms with van der Waals surface area (Å²) in [5, 5.41) is 0. The van der Waals surface area contributed by atoms with Gasteiger partial charge in [-0.3, -0.25) is 9.80 Å². The highest BCUT2D eigenvalue weighted by molar-refractivity contribution is 5.44. The number of rotatable bonds is 4. The maximum absolute atomic E-state index is 5.54. The van der Waals surface area contributed by atoms with E-state index in [9.17, 15) is 0 Å². The highest BCUT2D eigenvalue weighted by atomic mass is 16.7. The predicted molar refractivity (Wildman–Crippen MR) is 98.1 cm³/mol. The van der Waals surface area contributed by atoms with Crippen LogP contribution in [0.5, 0.6) is 11.5 Å². The number of H-pyrrole nitrogens is 1. The molecule has 1 aromatic carbocycles. The molecule has 6 nitrogen and oxygen atoms in total. The lowest BCUT2D eigenvalue weighted by atomic mass is 9.94. The number of imidazole rings is 1. The van der Waals surface area contributed by atoms with Gasteiger partial charge < -0.3 is 14.5 Å². The van der Waals surface area contributed by atoms with E-state index in [4.69, 9.17) is 9.47 Å². The fourth-order valence-corrected chi connectivity index (χ4v) is 4.63. The Morgan fingerprint density at radius 2 is 2.04 bits per heavy atom. The third-order valence-electron chi connectivity index (χ3n) is 6.03. The highest BCUT2D eigenvalue weighted by Gasteiger charge is 2.35. The summed E-state index contributed by atoms with van der Waals surface area (Å²) < 4.78 is 11.0. The molecular weight excluding hydrogens is 328 g/mol. The smallest absolute Gasteiger partial charge is 0.231 e. The van der Waals surface area contributed by atoms with Gasteiger partial charge in [-0.05, 0) is 43.4 Å². The molecule has 0 unspecified atom stereocenters. The first-order valence-corrected chi connectivity index (χ1v) is 9.58. The van der Waals surface area contributed by atoms with E-state index in [0.717, 1.165) is 37.1 Å². The minimum absolute atomic E-state index is 0.342. The quantitative estimate of drug-likeness (QED) is 0.914. The van der Waals surface area contributed by atoms with Crippen molar-refractivity contribution in [2.45, 2.75) is 38.9 Å². The van der Waals surface area contributed by atoms with E-state index in [1.165, 1.54) is 42.9 Å². The molecule has 0 spiro atoms. The van der Waals surface area contributed by atoms with E-state index < -0.39 is 0 Å². The van der Waals surface area contributed by atoms with Gasteiger partial charge in [0.05, 0.1) is 12.0 Å². The minimum Gasteiger partial charge on any atom is -0.454 e. The lowest BCUT2D eigenvalue weighted by Gasteiger charge is -2.36. The van der Waals surface area contributed by atoms with Crippen molar-refractivity contribution in [1.82, 2.24) is 19.8 Å². The van der Waals surface area contributed by atoms with E-state index >= 15 is 0 Å². The molecule has 0 radical (unpaired) electrons. The Hall–Kier alpha value is -2.05. The molecular formula is C20H26N4O2. The van der Waals surface area contributed by atoms with Crippen molar-refractivity contribution in [3.8, 4) is 11.5 Å². The average Bonchev–Trinajstić information content (AvgIpc) is 3.16. The van der Waals surface area contributed by atoms with Crippen LogP contribution in [0.2, 0.25) is 0 Å². The number of aromatic amines is 1. The summed E-state index contributed by atoms with van der Waals surface area (Å²) in [5.74, 6) is 2.51. The molecule has 0 saturated carbocycles. The highest BCUT2D eigenvalue weighted by Crippen LogP contribution is 2.34. The van der Waals surface area contributed by atoms with Crippen LogP contribution in [0.25, 0.3) is 0 Å². The molecule has 0 aliphatic carbocycles. The number of aryl methyl sites for hydroxylation is 1. The Bertz CT molecular complexity index is 790. The SMILES string of the molecule is Cc1[nH]cnc1CN1C[C@@H]2CC[C@H](C1)N(Cc1ccc3c(c1)OCO3)C2. The number of hydrogen-bond acceptors (Lipinski definition) is 5. The van der Waals surface area contributed by atoms with Crippen molar-refractivity contribution in [2.24, 2.45) is 5.92 Å². The molecule has 2 aromatic rings. The van der Waals surface area contributed by atoms with E-state index in [-0.39, 0.29) is 0 Å². The van der Waals surface area contributed by atoms with Crippen LogP contribution in [0.3, 0.4) is 0 Å². The van der Waals surface area contributed by atoms with E-state index in [0.29, 0.717) is 12.8 Å². The van der Waals surface area contributed by atoms with Crippen LogP contribution in [-0.2, 0) is 13.1 Å². The third-order valence-corrected chi connectivity index (χ3v) is 6.03. The predicted octanol–water partition coefficient (Wildman–Crippen LogP) is 2.54. The maximum atomic E-state index is 5.54. The second-order valence-electron chi connectivity index (χ2n) is 7.88. The van der Waals surface area contributed by atoms with Gasteiger partial charge in [0, 0.05) is 44.5 Å². The number of hydrogen-bond donors (Lipinski definition) is 1. The molecule has 0 amide bonds. The fraction of sp³-hybridized carbons (Fsp3) is 0.550. The molecule has 6 rings (SSSR count). The van der Waals surface area contributed by atoms with Crippen molar-refractivity contribution in [3.05, 3.63) is 41.5 Å². The summed E-state index contributed by atoms with van der Waals surface area (Å²) in [6.07, 6.45) is 4.45. The van der Waals surface area contributed by atoms with Crippen LogP contribution in [0.4, 0.5) is 0 Å². The number of ether oxygens (including phenoxy) is 2. The van der Waals surface area contributed by atoms with Crippen LogP contribution in [0.1, 0.15) is 29.8 Å². The number of benzene rings is 1. The zero-order valence-corrected chi connectivity index (χ0v) is 15.3. The lowest BCUT2D eigenvalue weighted by Crippen LogP contribution is -2.43. The molecule has 3 saturated heterocycles. The minimum atomic E-state index is 0.342. The Balaban J connectivity index is 1.29. The fourth-order valence-electron chi connectivity index (χ4n) is 4.63. The molecule has 4 aliphatic rings. The molecule has 6 heteroatoms. The normalized spacial score (nSPS) is 25.6. The van der Waals surface area contributed by atoms with Crippen molar-refractivity contribution in [2.75, 3.05) is 26.4 Å². The molecule has 2 atom stereocenters. The lowest BCUT2D eigenvalue weighted by molar-refractivity contribution is 0.123. The van der Waals surface area contributed by atoms with Crippen molar-refractivity contribution >= 4 is 0 Å². The van der Waals surface area contributed by atoms with E-state index in [1.807, 2.05) is 12.4 Å². The van der Waals surface area contributed by atoms with Crippen LogP contribution >= 0.6 is 0 Å². The van der Waals surface area contributed by atoms with Crippen LogP contribution < -0.4 is 9.47 Å². The number of fused-ring (bicyclic) bond motifs is 5. The summed E-state index contributed by atoms with van der Waals surface area (Å²) in [4.78, 5) is 13.0. The van der Waals surface area contributed by atoms with Gasteiger partial charge in [-0.15, -0.1) is 0 Å². The first kappa shape index (κ1) is 16.1. The van der Waals surface area contributed by atoms with Gasteiger partial charge in [0.1, 0.15) is 0 Å². The summed E-state index contributed by atoms with van der Waals surface area (Å²) in [5.41, 5.74) is 3.70. The van der Waals surface area contributed by atoms with Crippen molar-refractivity contribution < 1.29 is 9.47 Å². The standard InChI is InChI=1S/C20H26N4O2/c1-14-18(22-12-21-14)11-23-7-16-2-4-17(10-23)24(9-16)8-15-3-5-19-20(6-15)26-13-25-19/h3,5-6,12,16-17H,2,4,7-11,13H2,1H3,(H,21,22)/t16-,17+/m0/s1. The molecule has 4 aliphatic heterocycles. The van der Waals surface area contributed by atoms with Crippen molar-refractivity contribution in [1.29, 1.82) is 0 Å². The molecule has 1 N–H and O–H groups in total. The Morgan fingerprint density at radius 1 is 1.12 bits per heavy atom. The zero-order valence-electron chi connectivity index (χ0n) is 15.3. The van der Waals surface area contributed by atoms with Crippen molar-refractivity contribution in [3.63, 3.8) is 0 Å². The van der Waals surface area contributed by atoms with Gasteiger partial charge in [-0.1, -0.05) is 6.07 Å². The molecule has 2 bridgehead atoms. The monoisotopic (exact) mass is 354 g/mol. The molecule has 26 heavy (non-hydrogen) atoms. The average molecular weight is 354 g/mol. The second-order valence-corrected chi connectivity index (χ2v) is 7.88. The molecule has 5 heterocycles. The number of nitrogens with zero attached hydrogens (tertiary/aromatic N) is 3. The summed E-state index contributed by atoms with van der Waals surface area (Å²) >= 11 is 0.